The van der Waals surface area contributed by atoms with Crippen LogP contribution in [0.25, 0.3) is 103 Å². The number of hydrogen-bond donors (Lipinski definition) is 0. The van der Waals surface area contributed by atoms with Crippen LogP contribution in [-0.4, -0.2) is 14.5 Å². The Morgan fingerprint density at radius 1 is 0.432 bits per heavy atom. The highest BCUT2D eigenvalue weighted by atomic mass is 32.1. The molecule has 3 heterocycles. The SMILES string of the molecule is c1ccc2c(-c3nc4ccccc4nc3-n3c4ccc5cccc6c5c4c4c5c(ccc43)sc3cccc-6c35)cccc2c1. The summed E-state index contributed by atoms with van der Waals surface area (Å²) in [4.78, 5) is 10.8. The van der Waals surface area contributed by atoms with Gasteiger partial charge in [0.15, 0.2) is 5.82 Å². The first-order chi connectivity index (χ1) is 21.8. The standard InChI is InChI=1S/C40H21N3S/c1-2-11-24-22(8-1)9-5-14-27(24)39-40(42-29-16-4-3-15-28(29)41-39)43-30-19-18-23-10-6-12-25-26-13-7-17-32-35(26)38-33(44-32)21-20-31(43)37(38)36(30)34(23)25/h1-21H. The molecule has 3 aromatic heterocycles. The molecule has 0 N–H and O–H groups in total. The zero-order valence-corrected chi connectivity index (χ0v) is 24.2. The van der Waals surface area contributed by atoms with E-state index in [9.17, 15) is 0 Å². The lowest BCUT2D eigenvalue weighted by atomic mass is 9.95. The van der Waals surface area contributed by atoms with Gasteiger partial charge in [-0.3, -0.25) is 4.57 Å². The lowest BCUT2D eigenvalue weighted by molar-refractivity contribution is 1.08. The van der Waals surface area contributed by atoms with Crippen LogP contribution in [0.1, 0.15) is 0 Å². The van der Waals surface area contributed by atoms with Crippen molar-refractivity contribution in [3.05, 3.63) is 127 Å². The van der Waals surface area contributed by atoms with Crippen LogP contribution in [0.2, 0.25) is 0 Å². The van der Waals surface area contributed by atoms with E-state index in [1.54, 1.807) is 0 Å². The van der Waals surface area contributed by atoms with E-state index in [0.29, 0.717) is 0 Å². The maximum absolute atomic E-state index is 5.43. The van der Waals surface area contributed by atoms with Crippen molar-refractivity contribution in [3.63, 3.8) is 0 Å². The zero-order valence-electron chi connectivity index (χ0n) is 23.4. The Kier molecular flexibility index (Phi) is 4.21. The summed E-state index contributed by atoms with van der Waals surface area (Å²) in [7, 11) is 0. The molecule has 0 atom stereocenters. The largest absolute Gasteiger partial charge is 0.292 e. The summed E-state index contributed by atoms with van der Waals surface area (Å²) >= 11 is 1.89. The lowest BCUT2D eigenvalue weighted by Crippen LogP contribution is -2.04. The van der Waals surface area contributed by atoms with Gasteiger partial charge in [0.05, 0.1) is 22.1 Å². The summed E-state index contributed by atoms with van der Waals surface area (Å²) < 4.78 is 5.04. The Hall–Kier alpha value is -5.58. The van der Waals surface area contributed by atoms with E-state index in [0.717, 1.165) is 39.1 Å². The van der Waals surface area contributed by atoms with Crippen LogP contribution in [0.4, 0.5) is 0 Å². The van der Waals surface area contributed by atoms with Crippen LogP contribution < -0.4 is 0 Å². The highest BCUT2D eigenvalue weighted by Crippen LogP contribution is 2.52. The number of para-hydroxylation sites is 2. The van der Waals surface area contributed by atoms with Crippen LogP contribution in [0.5, 0.6) is 0 Å². The Morgan fingerprint density at radius 3 is 1.95 bits per heavy atom. The van der Waals surface area contributed by atoms with Gasteiger partial charge in [0.2, 0.25) is 0 Å². The molecule has 0 radical (unpaired) electrons. The molecule has 7 aromatic carbocycles. The van der Waals surface area contributed by atoms with Crippen LogP contribution in [0, 0.1) is 0 Å². The van der Waals surface area contributed by atoms with Crippen LogP contribution >= 0.6 is 11.3 Å². The predicted octanol–water partition coefficient (Wildman–Crippen LogP) is 11.0. The van der Waals surface area contributed by atoms with Crippen molar-refractivity contribution in [2.45, 2.75) is 0 Å². The van der Waals surface area contributed by atoms with Crippen molar-refractivity contribution < 1.29 is 0 Å². The third-order valence-electron chi connectivity index (χ3n) is 9.50. The maximum atomic E-state index is 5.43. The molecule has 1 aliphatic rings. The summed E-state index contributed by atoms with van der Waals surface area (Å²) in [6.07, 6.45) is 0. The number of aromatic nitrogens is 3. The fourth-order valence-electron chi connectivity index (χ4n) is 7.71. The Balaban J connectivity index is 1.40. The lowest BCUT2D eigenvalue weighted by Gasteiger charge is -2.16. The molecule has 44 heavy (non-hydrogen) atoms. The number of hydrogen-bond acceptors (Lipinski definition) is 3. The molecule has 0 fully saturated rings. The molecule has 0 saturated heterocycles. The molecule has 0 amide bonds. The predicted molar refractivity (Wildman–Crippen MR) is 186 cm³/mol. The molecule has 0 unspecified atom stereocenters. The van der Waals surface area contributed by atoms with Gasteiger partial charge >= 0.3 is 0 Å². The molecule has 0 aliphatic heterocycles. The fraction of sp³-hybridized carbons (Fsp3) is 0. The van der Waals surface area contributed by atoms with Crippen molar-refractivity contribution in [2.75, 3.05) is 0 Å². The third kappa shape index (κ3) is 2.77. The Labute approximate surface area is 255 Å². The quantitative estimate of drug-likeness (QED) is 0.205. The minimum absolute atomic E-state index is 0.858. The molecule has 4 heteroatoms. The van der Waals surface area contributed by atoms with E-state index < -0.39 is 0 Å². The van der Waals surface area contributed by atoms with Gasteiger partial charge in [-0.25, -0.2) is 9.97 Å². The number of fused-ring (bicyclic) bond motifs is 3. The summed E-state index contributed by atoms with van der Waals surface area (Å²) in [5.41, 5.74) is 8.70. The first-order valence-electron chi connectivity index (χ1n) is 14.9. The number of nitrogens with zero attached hydrogens (tertiary/aromatic N) is 3. The van der Waals surface area contributed by atoms with E-state index in [1.807, 2.05) is 23.5 Å². The van der Waals surface area contributed by atoms with E-state index in [2.05, 4.69) is 120 Å². The zero-order chi connectivity index (χ0) is 28.5. The minimum Gasteiger partial charge on any atom is -0.292 e. The Bertz CT molecular complexity index is 2890. The molecular weight excluding hydrogens is 555 g/mol. The van der Waals surface area contributed by atoms with Crippen molar-refractivity contribution in [1.82, 2.24) is 14.5 Å². The van der Waals surface area contributed by atoms with Crippen LogP contribution in [0.3, 0.4) is 0 Å². The number of rotatable bonds is 2. The second-order valence-electron chi connectivity index (χ2n) is 11.7. The van der Waals surface area contributed by atoms with Crippen LogP contribution in [-0.2, 0) is 0 Å². The average molecular weight is 576 g/mol. The molecule has 11 rings (SSSR count). The van der Waals surface area contributed by atoms with Gasteiger partial charge < -0.3 is 0 Å². The molecule has 10 aromatic rings. The average Bonchev–Trinajstić information content (AvgIpc) is 3.58. The minimum atomic E-state index is 0.858. The highest BCUT2D eigenvalue weighted by molar-refractivity contribution is 7.26. The second kappa shape index (κ2) is 8.07. The van der Waals surface area contributed by atoms with Crippen molar-refractivity contribution in [3.8, 4) is 28.2 Å². The number of thiophene rings is 1. The van der Waals surface area contributed by atoms with Crippen molar-refractivity contribution in [1.29, 1.82) is 0 Å². The molecular formula is C40H21N3S. The monoisotopic (exact) mass is 575 g/mol. The highest BCUT2D eigenvalue weighted by Gasteiger charge is 2.27. The molecule has 0 bridgehead atoms. The van der Waals surface area contributed by atoms with Crippen molar-refractivity contribution in [2.24, 2.45) is 0 Å². The van der Waals surface area contributed by atoms with Gasteiger partial charge in [-0.05, 0) is 69.1 Å². The summed E-state index contributed by atoms with van der Waals surface area (Å²) in [6, 6.07) is 46.0. The normalized spacial score (nSPS) is 12.5. The molecule has 202 valence electrons. The Morgan fingerprint density at radius 2 is 1.07 bits per heavy atom. The van der Waals surface area contributed by atoms with Gasteiger partial charge in [0.1, 0.15) is 5.69 Å². The van der Waals surface area contributed by atoms with Gasteiger partial charge in [-0.2, -0.15) is 0 Å². The van der Waals surface area contributed by atoms with E-state index in [4.69, 9.17) is 9.97 Å². The topological polar surface area (TPSA) is 30.7 Å². The first-order valence-corrected chi connectivity index (χ1v) is 15.7. The molecule has 0 spiro atoms. The summed E-state index contributed by atoms with van der Waals surface area (Å²) in [5, 5.41) is 10.3. The van der Waals surface area contributed by atoms with E-state index in [1.165, 1.54) is 63.6 Å². The first kappa shape index (κ1) is 22.9. The van der Waals surface area contributed by atoms with Crippen molar-refractivity contribution >= 4 is 85.9 Å². The smallest absolute Gasteiger partial charge is 0.165 e. The molecule has 0 saturated carbocycles. The van der Waals surface area contributed by atoms with Gasteiger partial charge in [0, 0.05) is 36.5 Å². The molecule has 1 aliphatic carbocycles. The summed E-state index contributed by atoms with van der Waals surface area (Å²) in [5.74, 6) is 0.858. The fourth-order valence-corrected chi connectivity index (χ4v) is 8.85. The van der Waals surface area contributed by atoms with Gasteiger partial charge in [-0.15, -0.1) is 11.3 Å². The van der Waals surface area contributed by atoms with Crippen LogP contribution in [0.15, 0.2) is 127 Å². The molecule has 3 nitrogen and oxygen atoms in total. The maximum Gasteiger partial charge on any atom is 0.165 e. The van der Waals surface area contributed by atoms with Gasteiger partial charge in [-0.1, -0.05) is 91.0 Å². The van der Waals surface area contributed by atoms with Gasteiger partial charge in [0.25, 0.3) is 0 Å². The van der Waals surface area contributed by atoms with E-state index in [-0.39, 0.29) is 0 Å². The second-order valence-corrected chi connectivity index (χ2v) is 12.8. The third-order valence-corrected chi connectivity index (χ3v) is 10.6. The van der Waals surface area contributed by atoms with E-state index >= 15 is 0 Å². The number of benzene rings is 7. The summed E-state index contributed by atoms with van der Waals surface area (Å²) in [6.45, 7) is 0.